The molecule has 1 aromatic heterocycles. The summed E-state index contributed by atoms with van der Waals surface area (Å²) in [4.78, 5) is 19.7. The molecule has 6 nitrogen and oxygen atoms in total. The lowest BCUT2D eigenvalue weighted by Gasteiger charge is -2.24. The molecule has 1 aliphatic rings. The van der Waals surface area contributed by atoms with Crippen LogP contribution in [0.4, 0.5) is 0 Å². The van der Waals surface area contributed by atoms with Gasteiger partial charge in [0.05, 0.1) is 30.7 Å². The number of carbonyl (C=O) groups excluding carboxylic acids is 1. The Kier molecular flexibility index (Phi) is 7.68. The van der Waals surface area contributed by atoms with E-state index >= 15 is 0 Å². The molecule has 0 N–H and O–H groups in total. The summed E-state index contributed by atoms with van der Waals surface area (Å²) in [5.74, 6) is 0.182. The number of hydrogen-bond donors (Lipinski definition) is 0. The van der Waals surface area contributed by atoms with Crippen LogP contribution in [0, 0.1) is 12.8 Å². The Morgan fingerprint density at radius 3 is 2.47 bits per heavy atom. The van der Waals surface area contributed by atoms with Gasteiger partial charge in [-0.3, -0.25) is 4.79 Å². The summed E-state index contributed by atoms with van der Waals surface area (Å²) in [6, 6.07) is 24.1. The van der Waals surface area contributed by atoms with Crippen LogP contribution < -0.4 is 0 Å². The van der Waals surface area contributed by atoms with E-state index in [2.05, 4.69) is 4.98 Å². The lowest BCUT2D eigenvalue weighted by Crippen LogP contribution is -2.33. The smallest absolute Gasteiger partial charge is 0.254 e. The second-order valence-electron chi connectivity index (χ2n) is 9.93. The second-order valence-corrected chi connectivity index (χ2v) is 12.2. The van der Waals surface area contributed by atoms with Crippen molar-refractivity contribution in [2.75, 3.05) is 6.54 Å². The number of hydrogen-bond acceptors (Lipinski definition) is 4. The van der Waals surface area contributed by atoms with Crippen LogP contribution in [0.3, 0.4) is 0 Å². The van der Waals surface area contributed by atoms with Crippen LogP contribution in [0.25, 0.3) is 0 Å². The molecular formula is C30H30ClN3O3S. The summed E-state index contributed by atoms with van der Waals surface area (Å²) in [6.45, 7) is 3.10. The van der Waals surface area contributed by atoms with Gasteiger partial charge in [-0.05, 0) is 60.6 Å². The fraction of sp³-hybridized carbons (Fsp3) is 0.267. The van der Waals surface area contributed by atoms with E-state index in [1.165, 1.54) is 0 Å². The molecule has 1 heterocycles. The van der Waals surface area contributed by atoms with Gasteiger partial charge in [-0.15, -0.1) is 0 Å². The Morgan fingerprint density at radius 1 is 1.03 bits per heavy atom. The standard InChI is InChI=1S/C30H30ClN3O3S/c1-22-8-5-6-11-26(22)21-38(36,37)30-32-17-28(34(30)19-23-9-3-2-4-10-23)20-33(18-24-14-15-24)29(35)25-12-7-13-27(31)16-25/h2-13,16-17,24H,14-15,18-21H2,1H3. The van der Waals surface area contributed by atoms with Crippen molar-refractivity contribution in [1.82, 2.24) is 14.5 Å². The van der Waals surface area contributed by atoms with Gasteiger partial charge in [0.25, 0.3) is 5.91 Å². The van der Waals surface area contributed by atoms with E-state index in [-0.39, 0.29) is 23.4 Å². The predicted molar refractivity (Wildman–Crippen MR) is 149 cm³/mol. The highest BCUT2D eigenvalue weighted by Gasteiger charge is 2.30. The van der Waals surface area contributed by atoms with Crippen molar-refractivity contribution in [2.24, 2.45) is 5.92 Å². The highest BCUT2D eigenvalue weighted by Crippen LogP contribution is 2.31. The lowest BCUT2D eigenvalue weighted by atomic mass is 10.1. The Balaban J connectivity index is 1.51. The number of sulfone groups is 1. The van der Waals surface area contributed by atoms with Gasteiger partial charge in [-0.2, -0.15) is 0 Å². The van der Waals surface area contributed by atoms with E-state index < -0.39 is 9.84 Å². The summed E-state index contributed by atoms with van der Waals surface area (Å²) in [5, 5.41) is 0.516. The molecule has 0 unspecified atom stereocenters. The number of imidazole rings is 1. The zero-order chi connectivity index (χ0) is 26.7. The highest BCUT2D eigenvalue weighted by atomic mass is 35.5. The zero-order valence-electron chi connectivity index (χ0n) is 21.3. The molecule has 0 bridgehead atoms. The molecule has 1 saturated carbocycles. The average molecular weight is 548 g/mol. The quantitative estimate of drug-likeness (QED) is 0.247. The molecule has 3 aromatic carbocycles. The van der Waals surface area contributed by atoms with Crippen LogP contribution >= 0.6 is 11.6 Å². The van der Waals surface area contributed by atoms with Crippen molar-refractivity contribution < 1.29 is 13.2 Å². The van der Waals surface area contributed by atoms with E-state index in [9.17, 15) is 13.2 Å². The Labute approximate surface area is 228 Å². The van der Waals surface area contributed by atoms with Gasteiger partial charge in [0.1, 0.15) is 0 Å². The molecule has 4 aromatic rings. The number of amides is 1. The summed E-state index contributed by atoms with van der Waals surface area (Å²) >= 11 is 6.17. The van der Waals surface area contributed by atoms with E-state index in [4.69, 9.17) is 11.6 Å². The van der Waals surface area contributed by atoms with Crippen molar-refractivity contribution in [3.05, 3.63) is 118 Å². The molecule has 1 fully saturated rings. The molecule has 0 atom stereocenters. The zero-order valence-corrected chi connectivity index (χ0v) is 22.8. The first-order valence-corrected chi connectivity index (χ1v) is 14.7. The molecule has 196 valence electrons. The first-order valence-electron chi connectivity index (χ1n) is 12.7. The largest absolute Gasteiger partial charge is 0.332 e. The topological polar surface area (TPSA) is 72.3 Å². The summed E-state index contributed by atoms with van der Waals surface area (Å²) in [6.07, 6.45) is 3.76. The molecule has 0 radical (unpaired) electrons. The fourth-order valence-corrected chi connectivity index (χ4v) is 6.36. The van der Waals surface area contributed by atoms with Crippen LogP contribution in [0.2, 0.25) is 5.02 Å². The molecule has 0 spiro atoms. The maximum Gasteiger partial charge on any atom is 0.254 e. The Bertz CT molecular complexity index is 1550. The third-order valence-electron chi connectivity index (χ3n) is 6.86. The van der Waals surface area contributed by atoms with Crippen LogP contribution in [0.15, 0.2) is 90.2 Å². The number of nitrogens with zero attached hydrogens (tertiary/aromatic N) is 3. The molecule has 1 aliphatic carbocycles. The Hall–Kier alpha value is -3.42. The van der Waals surface area contributed by atoms with Crippen molar-refractivity contribution >= 4 is 27.3 Å². The number of aromatic nitrogens is 2. The van der Waals surface area contributed by atoms with Gasteiger partial charge in [-0.1, -0.05) is 72.3 Å². The number of halogens is 1. The lowest BCUT2D eigenvalue weighted by molar-refractivity contribution is 0.0731. The van der Waals surface area contributed by atoms with Crippen molar-refractivity contribution in [1.29, 1.82) is 0 Å². The van der Waals surface area contributed by atoms with E-state index in [1.807, 2.05) is 61.5 Å². The molecule has 1 amide bonds. The maximum atomic E-state index is 13.7. The van der Waals surface area contributed by atoms with Crippen LogP contribution in [0.1, 0.15) is 45.6 Å². The van der Waals surface area contributed by atoms with E-state index in [0.29, 0.717) is 35.3 Å². The molecule has 0 saturated heterocycles. The maximum absolute atomic E-state index is 13.7. The van der Waals surface area contributed by atoms with E-state index in [1.54, 1.807) is 39.9 Å². The average Bonchev–Trinajstić information content (AvgIpc) is 3.64. The summed E-state index contributed by atoms with van der Waals surface area (Å²) < 4.78 is 29.1. The van der Waals surface area contributed by atoms with Crippen molar-refractivity contribution in [3.63, 3.8) is 0 Å². The number of benzene rings is 3. The molecule has 5 rings (SSSR count). The van der Waals surface area contributed by atoms with Gasteiger partial charge in [0.2, 0.25) is 15.0 Å². The minimum absolute atomic E-state index is 0.0150. The van der Waals surface area contributed by atoms with Gasteiger partial charge in [0.15, 0.2) is 0 Å². The summed E-state index contributed by atoms with van der Waals surface area (Å²) in [5.41, 5.74) is 3.80. The van der Waals surface area contributed by atoms with Gasteiger partial charge >= 0.3 is 0 Å². The third kappa shape index (κ3) is 6.17. The van der Waals surface area contributed by atoms with Crippen LogP contribution in [-0.4, -0.2) is 35.3 Å². The van der Waals surface area contributed by atoms with Crippen LogP contribution in [-0.2, 0) is 28.7 Å². The first-order chi connectivity index (χ1) is 18.3. The molecule has 8 heteroatoms. The second kappa shape index (κ2) is 11.1. The normalized spacial score (nSPS) is 13.4. The monoisotopic (exact) mass is 547 g/mol. The SMILES string of the molecule is Cc1ccccc1CS(=O)(=O)c1ncc(CN(CC2CC2)C(=O)c2cccc(Cl)c2)n1Cc1ccccc1. The number of rotatable bonds is 10. The number of carbonyl (C=O) groups is 1. The highest BCUT2D eigenvalue weighted by molar-refractivity contribution is 7.90. The molecule has 38 heavy (non-hydrogen) atoms. The van der Waals surface area contributed by atoms with Crippen molar-refractivity contribution in [2.45, 2.75) is 43.8 Å². The first kappa shape index (κ1) is 26.2. The minimum Gasteiger partial charge on any atom is -0.332 e. The van der Waals surface area contributed by atoms with Gasteiger partial charge < -0.3 is 9.47 Å². The fourth-order valence-electron chi connectivity index (χ4n) is 4.57. The minimum atomic E-state index is -3.76. The van der Waals surface area contributed by atoms with E-state index in [0.717, 1.165) is 29.5 Å². The Morgan fingerprint density at radius 2 is 1.76 bits per heavy atom. The van der Waals surface area contributed by atoms with Gasteiger partial charge in [-0.25, -0.2) is 13.4 Å². The molecule has 0 aliphatic heterocycles. The number of aryl methyl sites for hydroxylation is 1. The van der Waals surface area contributed by atoms with Crippen molar-refractivity contribution in [3.8, 4) is 0 Å². The van der Waals surface area contributed by atoms with Crippen LogP contribution in [0.5, 0.6) is 0 Å². The summed E-state index contributed by atoms with van der Waals surface area (Å²) in [7, 11) is -3.76. The van der Waals surface area contributed by atoms with Gasteiger partial charge in [0, 0.05) is 17.1 Å². The predicted octanol–water partition coefficient (Wildman–Crippen LogP) is 5.92. The third-order valence-corrected chi connectivity index (χ3v) is 8.67. The molecular weight excluding hydrogens is 518 g/mol.